The Morgan fingerprint density at radius 1 is 0.765 bits per heavy atom. The predicted octanol–water partition coefficient (Wildman–Crippen LogP) is 2.47. The molecule has 0 N–H and O–H groups in total. The summed E-state index contributed by atoms with van der Waals surface area (Å²) >= 11 is 0. The van der Waals surface area contributed by atoms with Crippen LogP contribution < -0.4 is 14.8 Å². The Kier molecular flexibility index (Phi) is 2.32. The molecule has 2 nitrogen and oxygen atoms in total. The lowest BCUT2D eigenvalue weighted by Crippen LogP contribution is -2.38. The van der Waals surface area contributed by atoms with Crippen molar-refractivity contribution in [1.29, 1.82) is 0 Å². The molecule has 2 aromatic rings. The highest BCUT2D eigenvalue weighted by molar-refractivity contribution is 6.63. The lowest BCUT2D eigenvalue weighted by molar-refractivity contribution is 0.519. The van der Waals surface area contributed by atoms with E-state index in [-0.39, 0.29) is 7.12 Å². The molecule has 0 saturated heterocycles. The van der Waals surface area contributed by atoms with Crippen molar-refractivity contribution >= 4 is 12.6 Å². The van der Waals surface area contributed by atoms with E-state index >= 15 is 0 Å². The van der Waals surface area contributed by atoms with Gasteiger partial charge in [0.25, 0.3) is 0 Å². The first kappa shape index (κ1) is 10.3. The minimum atomic E-state index is -0.313. The van der Waals surface area contributed by atoms with E-state index in [4.69, 9.17) is 9.31 Å². The van der Waals surface area contributed by atoms with Gasteiger partial charge in [0.15, 0.2) is 0 Å². The van der Waals surface area contributed by atoms with Gasteiger partial charge in [-0.2, -0.15) is 0 Å². The van der Waals surface area contributed by atoms with Crippen molar-refractivity contribution in [3.05, 3.63) is 53.6 Å². The Bertz CT molecular complexity index is 549. The minimum Gasteiger partial charge on any atom is -0.519 e. The molecule has 17 heavy (non-hydrogen) atoms. The fraction of sp³-hybridized carbons (Fsp3) is 0.143. The molecule has 0 radical (unpaired) electrons. The van der Waals surface area contributed by atoms with E-state index in [2.05, 4.69) is 19.1 Å². The van der Waals surface area contributed by atoms with Crippen molar-refractivity contribution in [2.24, 2.45) is 0 Å². The third kappa shape index (κ3) is 1.89. The van der Waals surface area contributed by atoms with E-state index in [0.717, 1.165) is 17.0 Å². The van der Waals surface area contributed by atoms with Crippen molar-refractivity contribution in [1.82, 2.24) is 0 Å². The summed E-state index contributed by atoms with van der Waals surface area (Å²) in [5.41, 5.74) is 3.46. The molecule has 0 aromatic heterocycles. The van der Waals surface area contributed by atoms with Crippen molar-refractivity contribution in [3.63, 3.8) is 0 Å². The number of hydrogen-bond acceptors (Lipinski definition) is 2. The highest BCUT2D eigenvalue weighted by Gasteiger charge is 2.33. The Hall–Kier alpha value is -1.90. The standard InChI is InChI=1S/C14H13BO2/c1-10-3-6-12(7-4-10)15-16-13-8-5-11(2)9-14(13)17-15/h3-9H,1-2H3. The Labute approximate surface area is 101 Å². The first-order valence-corrected chi connectivity index (χ1v) is 5.73. The average Bonchev–Trinajstić information content (AvgIpc) is 2.72. The SMILES string of the molecule is Cc1ccc(B2Oc3ccc(C)cc3O2)cc1. The van der Waals surface area contributed by atoms with E-state index in [1.165, 1.54) is 11.1 Å². The molecule has 0 unspecified atom stereocenters. The molecule has 1 heterocycles. The lowest BCUT2D eigenvalue weighted by atomic mass is 9.79. The maximum Gasteiger partial charge on any atom is 0.632 e. The predicted molar refractivity (Wildman–Crippen MR) is 69.0 cm³/mol. The smallest absolute Gasteiger partial charge is 0.519 e. The van der Waals surface area contributed by atoms with Gasteiger partial charge >= 0.3 is 7.12 Å². The molecule has 1 aliphatic heterocycles. The van der Waals surface area contributed by atoms with Gasteiger partial charge in [-0.15, -0.1) is 0 Å². The van der Waals surface area contributed by atoms with E-state index in [1.54, 1.807) is 0 Å². The number of hydrogen-bond donors (Lipinski definition) is 0. The summed E-state index contributed by atoms with van der Waals surface area (Å²) in [7, 11) is -0.313. The first-order valence-electron chi connectivity index (χ1n) is 5.73. The summed E-state index contributed by atoms with van der Waals surface area (Å²) in [6.45, 7) is 4.11. The van der Waals surface area contributed by atoms with Gasteiger partial charge in [-0.1, -0.05) is 35.9 Å². The van der Waals surface area contributed by atoms with Crippen LogP contribution in [0, 0.1) is 13.8 Å². The minimum absolute atomic E-state index is 0.313. The zero-order chi connectivity index (χ0) is 11.8. The number of benzene rings is 2. The average molecular weight is 224 g/mol. The second-order valence-electron chi connectivity index (χ2n) is 4.43. The number of fused-ring (bicyclic) bond motifs is 1. The summed E-state index contributed by atoms with van der Waals surface area (Å²) in [5.74, 6) is 1.65. The molecule has 0 spiro atoms. The normalized spacial score (nSPS) is 12.9. The summed E-state index contributed by atoms with van der Waals surface area (Å²) in [5, 5.41) is 0. The van der Waals surface area contributed by atoms with Gasteiger partial charge in [0.05, 0.1) is 0 Å². The molecule has 0 fully saturated rings. The van der Waals surface area contributed by atoms with Gasteiger partial charge < -0.3 is 9.31 Å². The first-order chi connectivity index (χ1) is 8.22. The van der Waals surface area contributed by atoms with Crippen molar-refractivity contribution in [2.75, 3.05) is 0 Å². The quantitative estimate of drug-likeness (QED) is 0.692. The molecule has 0 saturated carbocycles. The maximum atomic E-state index is 5.79. The summed E-state index contributed by atoms with van der Waals surface area (Å²) in [6.07, 6.45) is 0. The highest BCUT2D eigenvalue weighted by Crippen LogP contribution is 2.33. The molecule has 2 aromatic carbocycles. The van der Waals surface area contributed by atoms with E-state index in [9.17, 15) is 0 Å². The van der Waals surface area contributed by atoms with Crippen LogP contribution in [0.2, 0.25) is 0 Å². The van der Waals surface area contributed by atoms with E-state index in [1.807, 2.05) is 37.3 Å². The van der Waals surface area contributed by atoms with Gasteiger partial charge in [-0.05, 0) is 31.5 Å². The van der Waals surface area contributed by atoms with Crippen LogP contribution in [0.15, 0.2) is 42.5 Å². The summed E-state index contributed by atoms with van der Waals surface area (Å²) < 4.78 is 11.6. The molecule has 84 valence electrons. The fourth-order valence-electron chi connectivity index (χ4n) is 1.92. The van der Waals surface area contributed by atoms with Gasteiger partial charge in [-0.3, -0.25) is 0 Å². The topological polar surface area (TPSA) is 18.5 Å². The van der Waals surface area contributed by atoms with Crippen LogP contribution in [0.3, 0.4) is 0 Å². The molecule has 0 aliphatic carbocycles. The Morgan fingerprint density at radius 2 is 1.41 bits per heavy atom. The van der Waals surface area contributed by atoms with Gasteiger partial charge in [0.2, 0.25) is 0 Å². The molecule has 0 bridgehead atoms. The van der Waals surface area contributed by atoms with Gasteiger partial charge in [-0.25, -0.2) is 0 Å². The maximum absolute atomic E-state index is 5.79. The summed E-state index contributed by atoms with van der Waals surface area (Å²) in [4.78, 5) is 0. The highest BCUT2D eigenvalue weighted by atomic mass is 16.6. The number of rotatable bonds is 1. The van der Waals surface area contributed by atoms with Crippen LogP contribution in [0.4, 0.5) is 0 Å². The van der Waals surface area contributed by atoms with Crippen LogP contribution in [-0.4, -0.2) is 7.12 Å². The molecule has 1 aliphatic rings. The van der Waals surface area contributed by atoms with E-state index in [0.29, 0.717) is 0 Å². The van der Waals surface area contributed by atoms with Crippen LogP contribution in [-0.2, 0) is 0 Å². The molecular weight excluding hydrogens is 211 g/mol. The third-order valence-corrected chi connectivity index (χ3v) is 2.92. The van der Waals surface area contributed by atoms with Crippen LogP contribution in [0.1, 0.15) is 11.1 Å². The zero-order valence-corrected chi connectivity index (χ0v) is 9.94. The van der Waals surface area contributed by atoms with Crippen molar-refractivity contribution in [2.45, 2.75) is 13.8 Å². The second kappa shape index (κ2) is 3.84. The Balaban J connectivity index is 1.88. The van der Waals surface area contributed by atoms with Crippen molar-refractivity contribution < 1.29 is 9.31 Å². The largest absolute Gasteiger partial charge is 0.632 e. The van der Waals surface area contributed by atoms with Crippen LogP contribution >= 0.6 is 0 Å². The fourth-order valence-corrected chi connectivity index (χ4v) is 1.92. The monoisotopic (exact) mass is 224 g/mol. The van der Waals surface area contributed by atoms with E-state index < -0.39 is 0 Å². The molecule has 3 rings (SSSR count). The number of aryl methyl sites for hydroxylation is 2. The molecule has 3 heteroatoms. The van der Waals surface area contributed by atoms with Crippen molar-refractivity contribution in [3.8, 4) is 11.5 Å². The second-order valence-corrected chi connectivity index (χ2v) is 4.43. The molecule has 0 atom stereocenters. The molecule has 0 amide bonds. The molecular formula is C14H13BO2. The zero-order valence-electron chi connectivity index (χ0n) is 9.94. The Morgan fingerprint density at radius 3 is 2.18 bits per heavy atom. The van der Waals surface area contributed by atoms with Gasteiger partial charge in [0.1, 0.15) is 11.5 Å². The van der Waals surface area contributed by atoms with Crippen LogP contribution in [0.5, 0.6) is 11.5 Å². The van der Waals surface area contributed by atoms with Crippen LogP contribution in [0.25, 0.3) is 0 Å². The lowest BCUT2D eigenvalue weighted by Gasteiger charge is -2.04. The third-order valence-electron chi connectivity index (χ3n) is 2.92. The van der Waals surface area contributed by atoms with Gasteiger partial charge in [0, 0.05) is 5.46 Å². The summed E-state index contributed by atoms with van der Waals surface area (Å²) in [6, 6.07) is 14.2.